The minimum absolute atomic E-state index is 0.0965. The summed E-state index contributed by atoms with van der Waals surface area (Å²) in [5.41, 5.74) is 7.59. The zero-order valence-electron chi connectivity index (χ0n) is 8.36. The van der Waals surface area contributed by atoms with E-state index in [0.29, 0.717) is 13.2 Å². The minimum Gasteiger partial charge on any atom is -0.380 e. The zero-order chi connectivity index (χ0) is 10.0. The Morgan fingerprint density at radius 2 is 2.36 bits per heavy atom. The SMILES string of the molecule is Cc1ccc(C2(CN)CCOC2)nn1. The van der Waals surface area contributed by atoms with Gasteiger partial charge in [0.05, 0.1) is 23.4 Å². The van der Waals surface area contributed by atoms with E-state index in [0.717, 1.165) is 24.4 Å². The number of ether oxygens (including phenoxy) is 1. The van der Waals surface area contributed by atoms with Crippen LogP contribution in [0.5, 0.6) is 0 Å². The third kappa shape index (κ3) is 1.51. The Kier molecular flexibility index (Phi) is 2.48. The van der Waals surface area contributed by atoms with Gasteiger partial charge >= 0.3 is 0 Å². The van der Waals surface area contributed by atoms with Crippen LogP contribution < -0.4 is 5.73 Å². The van der Waals surface area contributed by atoms with Crippen molar-refractivity contribution in [1.82, 2.24) is 10.2 Å². The van der Waals surface area contributed by atoms with Crippen LogP contribution in [0.2, 0.25) is 0 Å². The minimum atomic E-state index is -0.0965. The van der Waals surface area contributed by atoms with Crippen molar-refractivity contribution >= 4 is 0 Å². The van der Waals surface area contributed by atoms with Crippen LogP contribution in [0.3, 0.4) is 0 Å². The fraction of sp³-hybridized carbons (Fsp3) is 0.600. The first kappa shape index (κ1) is 9.55. The number of nitrogens with zero attached hydrogens (tertiary/aromatic N) is 2. The molecule has 1 aromatic heterocycles. The molecule has 4 heteroatoms. The molecule has 1 aliphatic rings. The molecule has 1 saturated heterocycles. The molecule has 1 aromatic rings. The monoisotopic (exact) mass is 193 g/mol. The van der Waals surface area contributed by atoms with Gasteiger partial charge in [-0.2, -0.15) is 10.2 Å². The molecule has 4 nitrogen and oxygen atoms in total. The van der Waals surface area contributed by atoms with E-state index in [4.69, 9.17) is 10.5 Å². The van der Waals surface area contributed by atoms with Gasteiger partial charge in [0.1, 0.15) is 0 Å². The fourth-order valence-electron chi connectivity index (χ4n) is 1.76. The average molecular weight is 193 g/mol. The highest BCUT2D eigenvalue weighted by Crippen LogP contribution is 2.30. The normalized spacial score (nSPS) is 26.7. The van der Waals surface area contributed by atoms with Gasteiger partial charge in [-0.15, -0.1) is 0 Å². The lowest BCUT2D eigenvalue weighted by Gasteiger charge is -2.23. The number of hydrogen-bond donors (Lipinski definition) is 1. The van der Waals surface area contributed by atoms with E-state index in [1.54, 1.807) is 0 Å². The molecule has 0 aromatic carbocycles. The van der Waals surface area contributed by atoms with Gasteiger partial charge in [-0.05, 0) is 25.5 Å². The summed E-state index contributed by atoms with van der Waals surface area (Å²) in [6, 6.07) is 3.97. The molecule has 0 spiro atoms. The molecule has 0 radical (unpaired) electrons. The van der Waals surface area contributed by atoms with E-state index in [-0.39, 0.29) is 5.41 Å². The standard InChI is InChI=1S/C10H15N3O/c1-8-2-3-9(13-12-8)10(6-11)4-5-14-7-10/h2-3H,4-7,11H2,1H3. The number of aromatic nitrogens is 2. The van der Waals surface area contributed by atoms with Crippen molar-refractivity contribution in [2.45, 2.75) is 18.8 Å². The summed E-state index contributed by atoms with van der Waals surface area (Å²) >= 11 is 0. The van der Waals surface area contributed by atoms with Crippen LogP contribution in [0.25, 0.3) is 0 Å². The molecule has 2 N–H and O–H groups in total. The predicted molar refractivity (Wildman–Crippen MR) is 52.9 cm³/mol. The maximum absolute atomic E-state index is 5.79. The molecule has 1 fully saturated rings. The second kappa shape index (κ2) is 3.63. The summed E-state index contributed by atoms with van der Waals surface area (Å²) < 4.78 is 5.39. The van der Waals surface area contributed by atoms with Gasteiger partial charge in [-0.1, -0.05) is 0 Å². The molecular weight excluding hydrogens is 178 g/mol. The molecule has 76 valence electrons. The van der Waals surface area contributed by atoms with E-state index in [9.17, 15) is 0 Å². The molecule has 1 atom stereocenters. The molecule has 1 aliphatic heterocycles. The molecular formula is C10H15N3O. The first-order chi connectivity index (χ1) is 6.77. The largest absolute Gasteiger partial charge is 0.380 e. The van der Waals surface area contributed by atoms with Crippen molar-refractivity contribution in [2.75, 3.05) is 19.8 Å². The van der Waals surface area contributed by atoms with Gasteiger partial charge in [-0.3, -0.25) is 0 Å². The summed E-state index contributed by atoms with van der Waals surface area (Å²) in [6.07, 6.45) is 0.946. The highest BCUT2D eigenvalue weighted by Gasteiger charge is 2.37. The summed E-state index contributed by atoms with van der Waals surface area (Å²) in [6.45, 7) is 3.94. The predicted octanol–water partition coefficient (Wildman–Crippen LogP) is 0.402. The van der Waals surface area contributed by atoms with Crippen LogP contribution in [-0.4, -0.2) is 30.0 Å². The molecule has 2 rings (SSSR count). The number of hydrogen-bond acceptors (Lipinski definition) is 4. The van der Waals surface area contributed by atoms with Crippen molar-refractivity contribution in [3.8, 4) is 0 Å². The Bertz CT molecular complexity index is 304. The molecule has 0 aliphatic carbocycles. The van der Waals surface area contributed by atoms with Gasteiger partial charge in [0.15, 0.2) is 0 Å². The molecule has 0 amide bonds. The second-order valence-electron chi connectivity index (χ2n) is 3.85. The third-order valence-corrected chi connectivity index (χ3v) is 2.84. The topological polar surface area (TPSA) is 61.0 Å². The van der Waals surface area contributed by atoms with Crippen LogP contribution in [0.15, 0.2) is 12.1 Å². The van der Waals surface area contributed by atoms with Gasteiger partial charge in [-0.25, -0.2) is 0 Å². The zero-order valence-corrected chi connectivity index (χ0v) is 8.36. The quantitative estimate of drug-likeness (QED) is 0.738. The van der Waals surface area contributed by atoms with Crippen LogP contribution >= 0.6 is 0 Å². The third-order valence-electron chi connectivity index (χ3n) is 2.84. The van der Waals surface area contributed by atoms with E-state index >= 15 is 0 Å². The first-order valence-electron chi connectivity index (χ1n) is 4.85. The lowest BCUT2D eigenvalue weighted by atomic mass is 9.84. The van der Waals surface area contributed by atoms with Gasteiger partial charge in [0.25, 0.3) is 0 Å². The highest BCUT2D eigenvalue weighted by molar-refractivity contribution is 5.19. The van der Waals surface area contributed by atoms with Crippen molar-refractivity contribution in [3.63, 3.8) is 0 Å². The Morgan fingerprint density at radius 3 is 2.86 bits per heavy atom. The maximum atomic E-state index is 5.79. The maximum Gasteiger partial charge on any atom is 0.0729 e. The first-order valence-corrected chi connectivity index (χ1v) is 4.85. The lowest BCUT2D eigenvalue weighted by Crippen LogP contribution is -2.36. The Balaban J connectivity index is 2.31. The molecule has 2 heterocycles. The molecule has 1 unspecified atom stereocenters. The van der Waals surface area contributed by atoms with E-state index < -0.39 is 0 Å². The smallest absolute Gasteiger partial charge is 0.0729 e. The summed E-state index contributed by atoms with van der Waals surface area (Å²) in [7, 11) is 0. The number of nitrogens with two attached hydrogens (primary N) is 1. The lowest BCUT2D eigenvalue weighted by molar-refractivity contribution is 0.177. The summed E-state index contributed by atoms with van der Waals surface area (Å²) in [4.78, 5) is 0. The van der Waals surface area contributed by atoms with Gasteiger partial charge < -0.3 is 10.5 Å². The summed E-state index contributed by atoms with van der Waals surface area (Å²) in [5, 5.41) is 8.25. The van der Waals surface area contributed by atoms with Gasteiger partial charge in [0.2, 0.25) is 0 Å². The van der Waals surface area contributed by atoms with Crippen molar-refractivity contribution in [1.29, 1.82) is 0 Å². The van der Waals surface area contributed by atoms with Crippen molar-refractivity contribution in [3.05, 3.63) is 23.5 Å². The second-order valence-corrected chi connectivity index (χ2v) is 3.85. The Morgan fingerprint density at radius 1 is 1.50 bits per heavy atom. The van der Waals surface area contributed by atoms with E-state index in [2.05, 4.69) is 10.2 Å². The van der Waals surface area contributed by atoms with E-state index in [1.807, 2.05) is 19.1 Å². The Labute approximate surface area is 83.5 Å². The molecule has 14 heavy (non-hydrogen) atoms. The van der Waals surface area contributed by atoms with Crippen LogP contribution in [-0.2, 0) is 10.2 Å². The number of rotatable bonds is 2. The molecule has 0 saturated carbocycles. The van der Waals surface area contributed by atoms with Crippen molar-refractivity contribution in [2.24, 2.45) is 5.73 Å². The number of aryl methyl sites for hydroxylation is 1. The van der Waals surface area contributed by atoms with E-state index in [1.165, 1.54) is 0 Å². The van der Waals surface area contributed by atoms with Crippen molar-refractivity contribution < 1.29 is 4.74 Å². The fourth-order valence-corrected chi connectivity index (χ4v) is 1.76. The van der Waals surface area contributed by atoms with Gasteiger partial charge in [0, 0.05) is 13.2 Å². The highest BCUT2D eigenvalue weighted by atomic mass is 16.5. The average Bonchev–Trinajstić information content (AvgIpc) is 2.68. The van der Waals surface area contributed by atoms with Crippen LogP contribution in [0.1, 0.15) is 17.8 Å². The van der Waals surface area contributed by atoms with Crippen LogP contribution in [0, 0.1) is 6.92 Å². The Hall–Kier alpha value is -1.00. The summed E-state index contributed by atoms with van der Waals surface area (Å²) in [5.74, 6) is 0. The molecule has 0 bridgehead atoms. The van der Waals surface area contributed by atoms with Crippen LogP contribution in [0.4, 0.5) is 0 Å².